The molecule has 0 heterocycles. The van der Waals surface area contributed by atoms with E-state index in [-0.39, 0.29) is 6.61 Å². The zero-order valence-corrected chi connectivity index (χ0v) is 14.6. The molecule has 0 bridgehead atoms. The Labute approximate surface area is 137 Å². The number of unbranched alkanes of at least 4 members (excludes halogenated alkanes) is 11. The monoisotopic (exact) mass is 317 g/mol. The first kappa shape index (κ1) is 21.8. The predicted molar refractivity (Wildman–Crippen MR) is 92.8 cm³/mol. The van der Waals surface area contributed by atoms with Crippen molar-refractivity contribution in [1.82, 2.24) is 0 Å². The molecule has 0 radical (unpaired) electrons. The molecule has 3 atom stereocenters. The summed E-state index contributed by atoms with van der Waals surface area (Å²) in [4.78, 5) is 0. The molecule has 4 nitrogen and oxygen atoms in total. The summed E-state index contributed by atoms with van der Waals surface area (Å²) in [6.45, 7) is 1.96. The third kappa shape index (κ3) is 12.4. The van der Waals surface area contributed by atoms with Gasteiger partial charge in [-0.1, -0.05) is 84.0 Å². The van der Waals surface area contributed by atoms with Gasteiger partial charge < -0.3 is 21.1 Å². The van der Waals surface area contributed by atoms with Gasteiger partial charge in [-0.25, -0.2) is 0 Å². The van der Waals surface area contributed by atoms with E-state index in [2.05, 4.69) is 6.92 Å². The molecule has 0 spiro atoms. The molecule has 0 fully saturated rings. The van der Waals surface area contributed by atoms with Crippen LogP contribution in [0.1, 0.15) is 90.4 Å². The van der Waals surface area contributed by atoms with Crippen LogP contribution < -0.4 is 5.73 Å². The Morgan fingerprint density at radius 2 is 1.14 bits per heavy atom. The second-order valence-electron chi connectivity index (χ2n) is 6.58. The maximum atomic E-state index is 9.74. The van der Waals surface area contributed by atoms with Gasteiger partial charge in [-0.3, -0.25) is 0 Å². The summed E-state index contributed by atoms with van der Waals surface area (Å²) in [6, 6.07) is -0.743. The van der Waals surface area contributed by atoms with Crippen LogP contribution in [0.3, 0.4) is 0 Å². The van der Waals surface area contributed by atoms with Gasteiger partial charge in [0.25, 0.3) is 0 Å². The fourth-order valence-corrected chi connectivity index (χ4v) is 2.76. The molecule has 134 valence electrons. The number of hydrogen-bond acceptors (Lipinski definition) is 4. The minimum atomic E-state index is -1.02. The van der Waals surface area contributed by atoms with Crippen LogP contribution in [0.5, 0.6) is 0 Å². The second-order valence-corrected chi connectivity index (χ2v) is 6.58. The van der Waals surface area contributed by atoms with Gasteiger partial charge in [-0.2, -0.15) is 0 Å². The maximum absolute atomic E-state index is 9.74. The lowest BCUT2D eigenvalue weighted by Gasteiger charge is -2.22. The Morgan fingerprint density at radius 3 is 1.55 bits per heavy atom. The molecular weight excluding hydrogens is 278 g/mol. The normalized spacial score (nSPS) is 15.7. The molecule has 0 aliphatic carbocycles. The average molecular weight is 318 g/mol. The largest absolute Gasteiger partial charge is 0.395 e. The molecule has 0 aliphatic rings. The molecule has 0 aromatic carbocycles. The van der Waals surface area contributed by atoms with E-state index in [1.807, 2.05) is 0 Å². The smallest absolute Gasteiger partial charge is 0.0971 e. The number of rotatable bonds is 16. The van der Waals surface area contributed by atoms with Crippen LogP contribution in [-0.4, -0.2) is 40.2 Å². The van der Waals surface area contributed by atoms with Gasteiger partial charge in [-0.05, 0) is 6.42 Å². The van der Waals surface area contributed by atoms with Gasteiger partial charge in [0, 0.05) is 0 Å². The van der Waals surface area contributed by atoms with Crippen LogP contribution >= 0.6 is 0 Å². The van der Waals surface area contributed by atoms with Crippen molar-refractivity contribution >= 4 is 0 Å². The molecule has 4 heteroatoms. The summed E-state index contributed by atoms with van der Waals surface area (Å²) in [5.74, 6) is 0. The molecule has 0 unspecified atom stereocenters. The van der Waals surface area contributed by atoms with E-state index in [0.717, 1.165) is 12.8 Å². The fraction of sp³-hybridized carbons (Fsp3) is 1.00. The molecule has 0 saturated heterocycles. The number of nitrogens with two attached hydrogens (primary N) is 1. The quantitative estimate of drug-likeness (QED) is 0.329. The molecule has 0 aromatic heterocycles. The standard InChI is InChI=1S/C18H39NO3/c1-2-3-4-5-6-7-8-9-10-11-12-13-14-17(21)18(22)16(19)15-20/h16-18,20-22H,2-15,19H2,1H3/t16-,17-,18+/m0/s1. The minimum Gasteiger partial charge on any atom is -0.395 e. The Kier molecular flexibility index (Phi) is 15.6. The third-order valence-electron chi connectivity index (χ3n) is 4.40. The van der Waals surface area contributed by atoms with Crippen molar-refractivity contribution in [3.63, 3.8) is 0 Å². The van der Waals surface area contributed by atoms with Crippen molar-refractivity contribution in [3.8, 4) is 0 Å². The van der Waals surface area contributed by atoms with Gasteiger partial charge in [0.15, 0.2) is 0 Å². The molecule has 0 aliphatic heterocycles. The molecule has 0 rings (SSSR count). The van der Waals surface area contributed by atoms with Crippen molar-refractivity contribution in [3.05, 3.63) is 0 Å². The molecule has 22 heavy (non-hydrogen) atoms. The molecule has 0 aromatic rings. The van der Waals surface area contributed by atoms with Gasteiger partial charge >= 0.3 is 0 Å². The Balaban J connectivity index is 3.26. The topological polar surface area (TPSA) is 86.7 Å². The van der Waals surface area contributed by atoms with Gasteiger partial charge in [0.2, 0.25) is 0 Å². The van der Waals surface area contributed by atoms with E-state index < -0.39 is 18.2 Å². The van der Waals surface area contributed by atoms with Gasteiger partial charge in [0.05, 0.1) is 24.9 Å². The molecular formula is C18H39NO3. The Bertz CT molecular complexity index is 226. The van der Waals surface area contributed by atoms with Crippen molar-refractivity contribution in [2.45, 2.75) is 109 Å². The van der Waals surface area contributed by atoms with Crippen LogP contribution in [0, 0.1) is 0 Å². The highest BCUT2D eigenvalue weighted by Crippen LogP contribution is 2.14. The van der Waals surface area contributed by atoms with Crippen molar-refractivity contribution in [2.24, 2.45) is 5.73 Å². The summed E-state index contributed by atoms with van der Waals surface area (Å²) in [5.41, 5.74) is 5.49. The second kappa shape index (κ2) is 15.7. The summed E-state index contributed by atoms with van der Waals surface area (Å²) in [6.07, 6.45) is 14.1. The molecule has 0 amide bonds. The van der Waals surface area contributed by atoms with Gasteiger partial charge in [0.1, 0.15) is 0 Å². The first-order valence-electron chi connectivity index (χ1n) is 9.36. The van der Waals surface area contributed by atoms with Crippen molar-refractivity contribution in [2.75, 3.05) is 6.61 Å². The fourth-order valence-electron chi connectivity index (χ4n) is 2.76. The number of aliphatic hydroxyl groups excluding tert-OH is 3. The Morgan fingerprint density at radius 1 is 0.727 bits per heavy atom. The number of hydrogen-bond donors (Lipinski definition) is 4. The van der Waals surface area contributed by atoms with E-state index in [4.69, 9.17) is 10.8 Å². The highest BCUT2D eigenvalue weighted by molar-refractivity contribution is 4.77. The zero-order chi connectivity index (χ0) is 16.6. The van der Waals surface area contributed by atoms with Crippen LogP contribution in [0.25, 0.3) is 0 Å². The number of aliphatic hydroxyl groups is 3. The van der Waals surface area contributed by atoms with E-state index in [1.54, 1.807) is 0 Å². The molecule has 0 saturated carbocycles. The highest BCUT2D eigenvalue weighted by atomic mass is 16.3. The summed E-state index contributed by atoms with van der Waals surface area (Å²) in [7, 11) is 0. The average Bonchev–Trinajstić information content (AvgIpc) is 2.54. The first-order chi connectivity index (χ1) is 10.6. The first-order valence-corrected chi connectivity index (χ1v) is 9.36. The minimum absolute atomic E-state index is 0.295. The van der Waals surface area contributed by atoms with Crippen molar-refractivity contribution < 1.29 is 15.3 Å². The maximum Gasteiger partial charge on any atom is 0.0971 e. The lowest BCUT2D eigenvalue weighted by atomic mass is 10.00. The predicted octanol–water partition coefficient (Wildman–Crippen LogP) is 3.12. The summed E-state index contributed by atoms with van der Waals surface area (Å²) in [5, 5.41) is 28.2. The van der Waals surface area contributed by atoms with E-state index in [0.29, 0.717) is 6.42 Å². The van der Waals surface area contributed by atoms with Crippen LogP contribution in [0.15, 0.2) is 0 Å². The van der Waals surface area contributed by atoms with Gasteiger partial charge in [-0.15, -0.1) is 0 Å². The Hall–Kier alpha value is -0.160. The highest BCUT2D eigenvalue weighted by Gasteiger charge is 2.22. The molecule has 5 N–H and O–H groups in total. The summed E-state index contributed by atoms with van der Waals surface area (Å²) >= 11 is 0. The van der Waals surface area contributed by atoms with Crippen molar-refractivity contribution in [1.29, 1.82) is 0 Å². The van der Waals surface area contributed by atoms with Crippen LogP contribution in [0.4, 0.5) is 0 Å². The van der Waals surface area contributed by atoms with E-state index in [1.165, 1.54) is 64.2 Å². The van der Waals surface area contributed by atoms with E-state index in [9.17, 15) is 10.2 Å². The lowest BCUT2D eigenvalue weighted by Crippen LogP contribution is -2.45. The SMILES string of the molecule is CCCCCCCCCCCCCC[C@H](O)[C@H](O)[C@@H](N)CO. The van der Waals surface area contributed by atoms with Crippen LogP contribution in [0.2, 0.25) is 0 Å². The summed E-state index contributed by atoms with van der Waals surface area (Å²) < 4.78 is 0. The zero-order valence-electron chi connectivity index (χ0n) is 14.6. The third-order valence-corrected chi connectivity index (χ3v) is 4.40. The van der Waals surface area contributed by atoms with E-state index >= 15 is 0 Å². The van der Waals surface area contributed by atoms with Crippen LogP contribution in [-0.2, 0) is 0 Å². The lowest BCUT2D eigenvalue weighted by molar-refractivity contribution is -0.0121.